The van der Waals surface area contributed by atoms with Crippen molar-refractivity contribution < 1.29 is 4.79 Å². The molecule has 0 spiro atoms. The Bertz CT molecular complexity index is 595. The first kappa shape index (κ1) is 12.1. The van der Waals surface area contributed by atoms with Gasteiger partial charge in [-0.05, 0) is 23.6 Å². The number of nitrogens with zero attached hydrogens (tertiary/aromatic N) is 1. The minimum Gasteiger partial charge on any atom is -0.319 e. The Hall–Kier alpha value is -2.37. The van der Waals surface area contributed by atoms with Gasteiger partial charge in [0.25, 0.3) is 5.91 Å². The number of aromatic nitrogens is 3. The molecule has 18 heavy (non-hydrogen) atoms. The maximum Gasteiger partial charge on any atom is 0.341 e. The number of hydrogen-bond acceptors (Lipinski definition) is 3. The second-order valence-electron chi connectivity index (χ2n) is 4.26. The highest BCUT2D eigenvalue weighted by molar-refractivity contribution is 6.01. The van der Waals surface area contributed by atoms with Crippen LogP contribution in [-0.2, 0) is 0 Å². The molecule has 1 amide bonds. The summed E-state index contributed by atoms with van der Waals surface area (Å²) in [6.45, 7) is 4.20. The van der Waals surface area contributed by atoms with Crippen LogP contribution in [0, 0.1) is 0 Å². The second kappa shape index (κ2) is 4.87. The summed E-state index contributed by atoms with van der Waals surface area (Å²) in [7, 11) is 0. The number of nitrogens with one attached hydrogen (secondary N) is 3. The van der Waals surface area contributed by atoms with Crippen molar-refractivity contribution in [2.45, 2.75) is 19.8 Å². The van der Waals surface area contributed by atoms with E-state index in [1.165, 1.54) is 5.56 Å². The first-order valence-corrected chi connectivity index (χ1v) is 5.62. The average molecular weight is 246 g/mol. The highest BCUT2D eigenvalue weighted by Crippen LogP contribution is 2.17. The predicted octanol–water partition coefficient (Wildman–Crippen LogP) is 1.47. The molecule has 6 heteroatoms. The van der Waals surface area contributed by atoms with E-state index >= 15 is 0 Å². The number of amides is 1. The quantitative estimate of drug-likeness (QED) is 0.766. The Morgan fingerprint density at radius 1 is 1.28 bits per heavy atom. The maximum absolute atomic E-state index is 11.7. The van der Waals surface area contributed by atoms with Gasteiger partial charge in [0.1, 0.15) is 0 Å². The summed E-state index contributed by atoms with van der Waals surface area (Å²) in [6, 6.07) is 7.54. The molecule has 0 aliphatic heterocycles. The van der Waals surface area contributed by atoms with Gasteiger partial charge in [0.05, 0.1) is 0 Å². The Morgan fingerprint density at radius 2 is 1.94 bits per heavy atom. The largest absolute Gasteiger partial charge is 0.341 e. The molecular weight excluding hydrogens is 232 g/mol. The number of carbonyl (C=O) groups is 1. The highest BCUT2D eigenvalue weighted by Gasteiger charge is 2.10. The van der Waals surface area contributed by atoms with Crippen LogP contribution >= 0.6 is 0 Å². The van der Waals surface area contributed by atoms with Gasteiger partial charge in [0.2, 0.25) is 5.82 Å². The summed E-state index contributed by atoms with van der Waals surface area (Å²) in [5.41, 5.74) is 1.35. The van der Waals surface area contributed by atoms with Crippen molar-refractivity contribution >= 4 is 11.6 Å². The summed E-state index contributed by atoms with van der Waals surface area (Å²) >= 11 is 0. The fraction of sp³-hybridized carbons (Fsp3) is 0.250. The van der Waals surface area contributed by atoms with Gasteiger partial charge in [-0.1, -0.05) is 26.0 Å². The van der Waals surface area contributed by atoms with Gasteiger partial charge in [0, 0.05) is 5.69 Å². The van der Waals surface area contributed by atoms with Crippen LogP contribution in [0.1, 0.15) is 35.9 Å². The molecule has 0 saturated heterocycles. The maximum atomic E-state index is 11.7. The van der Waals surface area contributed by atoms with Crippen LogP contribution in [-0.4, -0.2) is 21.1 Å². The molecule has 1 aromatic heterocycles. The number of hydrogen-bond donors (Lipinski definition) is 3. The standard InChI is InChI=1S/C12H14N4O2/c1-7(2)8-3-5-9(6-4-8)13-11(17)10-14-12(18)16-15-10/h3-7H,1-2H3,(H,13,17)(H2,14,15,16,18). The zero-order valence-corrected chi connectivity index (χ0v) is 10.2. The summed E-state index contributed by atoms with van der Waals surface area (Å²) in [4.78, 5) is 24.8. The first-order chi connectivity index (χ1) is 8.56. The van der Waals surface area contributed by atoms with Crippen LogP contribution in [0.2, 0.25) is 0 Å². The van der Waals surface area contributed by atoms with E-state index in [-0.39, 0.29) is 5.82 Å². The molecule has 2 aromatic rings. The molecular formula is C12H14N4O2. The van der Waals surface area contributed by atoms with Crippen molar-refractivity contribution in [2.75, 3.05) is 5.32 Å². The third kappa shape index (κ3) is 2.65. The van der Waals surface area contributed by atoms with Gasteiger partial charge in [-0.3, -0.25) is 9.78 Å². The topological polar surface area (TPSA) is 90.6 Å². The fourth-order valence-electron chi connectivity index (χ4n) is 1.52. The van der Waals surface area contributed by atoms with Gasteiger partial charge in [0.15, 0.2) is 0 Å². The Morgan fingerprint density at radius 3 is 2.44 bits per heavy atom. The molecule has 0 bridgehead atoms. The van der Waals surface area contributed by atoms with E-state index in [0.29, 0.717) is 11.6 Å². The molecule has 0 fully saturated rings. The van der Waals surface area contributed by atoms with Crippen LogP contribution in [0.4, 0.5) is 5.69 Å². The van der Waals surface area contributed by atoms with E-state index in [1.807, 2.05) is 24.3 Å². The second-order valence-corrected chi connectivity index (χ2v) is 4.26. The van der Waals surface area contributed by atoms with Crippen molar-refractivity contribution in [1.82, 2.24) is 15.2 Å². The monoisotopic (exact) mass is 246 g/mol. The van der Waals surface area contributed by atoms with Gasteiger partial charge in [-0.2, -0.15) is 0 Å². The van der Waals surface area contributed by atoms with Crippen LogP contribution in [0.25, 0.3) is 0 Å². The molecule has 3 N–H and O–H groups in total. The lowest BCUT2D eigenvalue weighted by Crippen LogP contribution is -2.14. The van der Waals surface area contributed by atoms with Crippen molar-refractivity contribution in [3.05, 3.63) is 46.1 Å². The van der Waals surface area contributed by atoms with E-state index < -0.39 is 11.6 Å². The Labute approximate surface area is 103 Å². The van der Waals surface area contributed by atoms with E-state index in [2.05, 4.69) is 34.3 Å². The molecule has 0 aliphatic rings. The Balaban J connectivity index is 2.10. The molecule has 0 aliphatic carbocycles. The lowest BCUT2D eigenvalue weighted by Gasteiger charge is -2.07. The van der Waals surface area contributed by atoms with E-state index in [4.69, 9.17) is 0 Å². The van der Waals surface area contributed by atoms with Crippen molar-refractivity contribution in [3.8, 4) is 0 Å². The zero-order valence-electron chi connectivity index (χ0n) is 10.2. The molecule has 94 valence electrons. The highest BCUT2D eigenvalue weighted by atomic mass is 16.2. The molecule has 6 nitrogen and oxygen atoms in total. The summed E-state index contributed by atoms with van der Waals surface area (Å²) < 4.78 is 0. The molecule has 0 atom stereocenters. The number of anilines is 1. The van der Waals surface area contributed by atoms with E-state index in [1.54, 1.807) is 0 Å². The number of benzene rings is 1. The molecule has 0 saturated carbocycles. The Kier molecular flexibility index (Phi) is 3.27. The number of carbonyl (C=O) groups excluding carboxylic acids is 1. The normalized spacial score (nSPS) is 10.6. The van der Waals surface area contributed by atoms with Crippen LogP contribution in [0.5, 0.6) is 0 Å². The van der Waals surface area contributed by atoms with Crippen LogP contribution in [0.15, 0.2) is 29.1 Å². The number of H-pyrrole nitrogens is 2. The molecule has 1 aromatic carbocycles. The van der Waals surface area contributed by atoms with Gasteiger partial charge < -0.3 is 5.32 Å². The lowest BCUT2D eigenvalue weighted by molar-refractivity contribution is 0.101. The van der Waals surface area contributed by atoms with Gasteiger partial charge in [-0.15, -0.1) is 5.10 Å². The number of rotatable bonds is 3. The average Bonchev–Trinajstić information content (AvgIpc) is 2.76. The fourth-order valence-corrected chi connectivity index (χ4v) is 1.52. The van der Waals surface area contributed by atoms with Gasteiger partial charge >= 0.3 is 5.69 Å². The van der Waals surface area contributed by atoms with E-state index in [0.717, 1.165) is 0 Å². The predicted molar refractivity (Wildman–Crippen MR) is 67.7 cm³/mol. The van der Waals surface area contributed by atoms with Crippen LogP contribution in [0.3, 0.4) is 0 Å². The molecule has 0 unspecified atom stereocenters. The minimum atomic E-state index is -0.504. The van der Waals surface area contributed by atoms with Gasteiger partial charge in [-0.25, -0.2) is 9.89 Å². The number of aromatic amines is 2. The SMILES string of the molecule is CC(C)c1ccc(NC(=O)c2n[nH]c(=O)[nH]2)cc1. The zero-order chi connectivity index (χ0) is 13.1. The summed E-state index contributed by atoms with van der Waals surface area (Å²) in [6.07, 6.45) is 0. The summed E-state index contributed by atoms with van der Waals surface area (Å²) in [5, 5.41) is 8.34. The lowest BCUT2D eigenvalue weighted by atomic mass is 10.0. The van der Waals surface area contributed by atoms with Crippen LogP contribution < -0.4 is 11.0 Å². The van der Waals surface area contributed by atoms with E-state index in [9.17, 15) is 9.59 Å². The molecule has 0 radical (unpaired) electrons. The van der Waals surface area contributed by atoms with Crippen molar-refractivity contribution in [3.63, 3.8) is 0 Å². The third-order valence-corrected chi connectivity index (χ3v) is 2.55. The summed E-state index contributed by atoms with van der Waals surface area (Å²) in [5.74, 6) is -0.0453. The minimum absolute atomic E-state index is 0.0343. The molecule has 2 rings (SSSR count). The van der Waals surface area contributed by atoms with Crippen molar-refractivity contribution in [1.29, 1.82) is 0 Å². The smallest absolute Gasteiger partial charge is 0.319 e. The first-order valence-electron chi connectivity index (χ1n) is 5.62. The van der Waals surface area contributed by atoms with Crippen molar-refractivity contribution in [2.24, 2.45) is 0 Å². The molecule has 1 heterocycles. The third-order valence-electron chi connectivity index (χ3n) is 2.55.